The third-order valence-electron chi connectivity index (χ3n) is 5.21. The van der Waals surface area contributed by atoms with E-state index in [2.05, 4.69) is 6.92 Å². The smallest absolute Gasteiger partial charge is 0.870 e. The van der Waals surface area contributed by atoms with Gasteiger partial charge in [-0.15, -0.1) is 0 Å². The van der Waals surface area contributed by atoms with E-state index >= 15 is 0 Å². The van der Waals surface area contributed by atoms with Gasteiger partial charge in [0.25, 0.3) is 10.1 Å². The number of ether oxygens (including phenoxy) is 1. The number of para-hydroxylation sites is 1. The summed E-state index contributed by atoms with van der Waals surface area (Å²) in [6.45, 7) is 2.24. The molecule has 0 atom stereocenters. The van der Waals surface area contributed by atoms with Crippen molar-refractivity contribution >= 4 is 10.1 Å². The van der Waals surface area contributed by atoms with Crippen LogP contribution >= 0.6 is 0 Å². The van der Waals surface area contributed by atoms with Crippen molar-refractivity contribution in [3.63, 3.8) is 0 Å². The minimum Gasteiger partial charge on any atom is -0.870 e. The van der Waals surface area contributed by atoms with Crippen molar-refractivity contribution < 1.29 is 52.4 Å². The first kappa shape index (κ1) is 28.0. The van der Waals surface area contributed by atoms with Crippen molar-refractivity contribution in [1.82, 2.24) is 0 Å². The first-order chi connectivity index (χ1) is 14.4. The average Bonchev–Trinajstić information content (AvgIpc) is 2.71. The second kappa shape index (κ2) is 14.9. The third-order valence-corrected chi connectivity index (χ3v) is 6.05. The largest absolute Gasteiger partial charge is 1.00 e. The standard InChI is InChI=1S/C24H34O5S.Na/c1-2-3-4-5-6-7-8-9-10-11-14-20-15-12-13-16-23(20)29-24-19-21(30(26,27)28)17-18-22(24)25;/h12-13,15-19,25H,2-11,14H2,1H3,(H,26,27,28);/q;+1/p-1. The van der Waals surface area contributed by atoms with Crippen LogP contribution in [-0.4, -0.2) is 13.0 Å². The van der Waals surface area contributed by atoms with Crippen molar-refractivity contribution in [2.24, 2.45) is 0 Å². The summed E-state index contributed by atoms with van der Waals surface area (Å²) < 4.78 is 37.6. The van der Waals surface area contributed by atoms with Crippen molar-refractivity contribution in [2.45, 2.75) is 82.4 Å². The number of hydrogen-bond donors (Lipinski definition) is 1. The van der Waals surface area contributed by atoms with Gasteiger partial charge in [-0.1, -0.05) is 94.7 Å². The Morgan fingerprint density at radius 2 is 1.42 bits per heavy atom. The number of benzene rings is 2. The Balaban J connectivity index is 0.00000480. The summed E-state index contributed by atoms with van der Waals surface area (Å²) in [5, 5.41) is 12.1. The van der Waals surface area contributed by atoms with Gasteiger partial charge in [-0.05, 0) is 30.5 Å². The Kier molecular flexibility index (Phi) is 13.5. The molecule has 0 aromatic heterocycles. The van der Waals surface area contributed by atoms with Crippen LogP contribution in [0.25, 0.3) is 0 Å². The Bertz CT molecular complexity index is 883. The molecule has 2 aromatic carbocycles. The molecule has 1 N–H and O–H groups in total. The van der Waals surface area contributed by atoms with Gasteiger partial charge in [0.05, 0.1) is 4.90 Å². The molecule has 166 valence electrons. The van der Waals surface area contributed by atoms with Crippen LogP contribution in [0.15, 0.2) is 47.4 Å². The van der Waals surface area contributed by atoms with Crippen molar-refractivity contribution in [3.05, 3.63) is 48.0 Å². The van der Waals surface area contributed by atoms with E-state index in [1.165, 1.54) is 51.4 Å². The molecule has 7 heteroatoms. The monoisotopic (exact) mass is 456 g/mol. The summed E-state index contributed by atoms with van der Waals surface area (Å²) in [7, 11) is -4.40. The van der Waals surface area contributed by atoms with Crippen LogP contribution in [0.4, 0.5) is 0 Å². The summed E-state index contributed by atoms with van der Waals surface area (Å²) in [6, 6.07) is 10.7. The molecule has 0 spiro atoms. The predicted molar refractivity (Wildman–Crippen MR) is 118 cm³/mol. The molecule has 2 aromatic rings. The van der Waals surface area contributed by atoms with Crippen LogP contribution < -0.4 is 39.4 Å². The van der Waals surface area contributed by atoms with Crippen molar-refractivity contribution in [1.29, 1.82) is 0 Å². The fourth-order valence-electron chi connectivity index (χ4n) is 3.46. The minimum atomic E-state index is -4.40. The number of hydrogen-bond acceptors (Lipinski definition) is 4. The Morgan fingerprint density at radius 3 is 2.03 bits per heavy atom. The van der Waals surface area contributed by atoms with Crippen LogP contribution in [0.2, 0.25) is 0 Å². The molecule has 31 heavy (non-hydrogen) atoms. The third kappa shape index (κ3) is 10.4. The second-order valence-corrected chi connectivity index (χ2v) is 9.15. The Labute approximate surface area is 209 Å². The first-order valence-electron chi connectivity index (χ1n) is 11.0. The molecule has 0 radical (unpaired) electrons. The van der Waals surface area contributed by atoms with E-state index in [0.29, 0.717) is 5.75 Å². The normalized spacial score (nSPS) is 11.2. The number of unbranched alkanes of at least 4 members (excludes halogenated alkanes) is 9. The Morgan fingerprint density at radius 1 is 0.839 bits per heavy atom. The molecule has 0 unspecified atom stereocenters. The molecule has 0 aliphatic heterocycles. The molecule has 2 rings (SSSR count). The molecule has 0 amide bonds. The fraction of sp³-hybridized carbons (Fsp3) is 0.500. The summed E-state index contributed by atoms with van der Waals surface area (Å²) in [4.78, 5) is -0.357. The van der Waals surface area contributed by atoms with Crippen molar-refractivity contribution in [3.8, 4) is 17.2 Å². The van der Waals surface area contributed by atoms with E-state index < -0.39 is 15.9 Å². The van der Waals surface area contributed by atoms with Crippen LogP contribution in [0.1, 0.15) is 76.7 Å². The van der Waals surface area contributed by atoms with Gasteiger partial charge in [0, 0.05) is 6.07 Å². The van der Waals surface area contributed by atoms with E-state index in [-0.39, 0.29) is 40.2 Å². The van der Waals surface area contributed by atoms with Crippen LogP contribution in [0, 0.1) is 0 Å². The molecule has 0 aliphatic carbocycles. The maximum Gasteiger partial charge on any atom is 1.00 e. The van der Waals surface area contributed by atoms with E-state index in [1.54, 1.807) is 6.07 Å². The van der Waals surface area contributed by atoms with Gasteiger partial charge in [-0.2, -0.15) is 8.42 Å². The molecule has 0 saturated heterocycles. The van der Waals surface area contributed by atoms with Crippen LogP contribution in [0.3, 0.4) is 0 Å². The van der Waals surface area contributed by atoms with Gasteiger partial charge < -0.3 is 9.84 Å². The SMILES string of the molecule is CCCCCCCCCCCCc1ccccc1Oc1cc(S(=O)(=O)O)ccc1[O-].[Na+]. The summed E-state index contributed by atoms with van der Waals surface area (Å²) in [5.74, 6) is -0.00482. The molecular weight excluding hydrogens is 423 g/mol. The van der Waals surface area contributed by atoms with Crippen LogP contribution in [-0.2, 0) is 16.5 Å². The van der Waals surface area contributed by atoms with Crippen molar-refractivity contribution in [2.75, 3.05) is 0 Å². The molecule has 0 aliphatic rings. The predicted octanol–water partition coefficient (Wildman–Crippen LogP) is 3.27. The second-order valence-electron chi connectivity index (χ2n) is 7.73. The number of rotatable bonds is 14. The van der Waals surface area contributed by atoms with E-state index in [0.717, 1.165) is 43.0 Å². The summed E-state index contributed by atoms with van der Waals surface area (Å²) >= 11 is 0. The zero-order valence-electron chi connectivity index (χ0n) is 18.8. The summed E-state index contributed by atoms with van der Waals surface area (Å²) in [5.41, 5.74) is 0.980. The topological polar surface area (TPSA) is 86.7 Å². The number of aryl methyl sites for hydroxylation is 1. The summed E-state index contributed by atoms with van der Waals surface area (Å²) in [6.07, 6.45) is 13.5. The van der Waals surface area contributed by atoms with Gasteiger partial charge in [0.15, 0.2) is 0 Å². The van der Waals surface area contributed by atoms with E-state index in [4.69, 9.17) is 4.74 Å². The van der Waals surface area contributed by atoms with E-state index in [1.807, 2.05) is 18.2 Å². The van der Waals surface area contributed by atoms with Gasteiger partial charge in [0.1, 0.15) is 11.5 Å². The zero-order valence-corrected chi connectivity index (χ0v) is 21.6. The van der Waals surface area contributed by atoms with Gasteiger partial charge in [0.2, 0.25) is 0 Å². The molecule has 5 nitrogen and oxygen atoms in total. The zero-order chi connectivity index (χ0) is 21.8. The molecule has 0 bridgehead atoms. The van der Waals surface area contributed by atoms with Gasteiger partial charge in [-0.3, -0.25) is 4.55 Å². The Hall–Kier alpha value is -1.05. The minimum absolute atomic E-state index is 0. The molecule has 0 fully saturated rings. The maximum absolute atomic E-state index is 12.1. The quantitative estimate of drug-likeness (QED) is 0.268. The molecule has 0 saturated carbocycles. The average molecular weight is 457 g/mol. The van der Waals surface area contributed by atoms with Crippen LogP contribution in [0.5, 0.6) is 17.2 Å². The first-order valence-corrected chi connectivity index (χ1v) is 12.4. The molecular formula is C24H33NaO5S. The molecule has 0 heterocycles. The van der Waals surface area contributed by atoms with E-state index in [9.17, 15) is 18.1 Å². The van der Waals surface area contributed by atoms with Gasteiger partial charge >= 0.3 is 29.6 Å². The fourth-order valence-corrected chi connectivity index (χ4v) is 3.96. The maximum atomic E-state index is 12.1. The van der Waals surface area contributed by atoms with Gasteiger partial charge in [-0.25, -0.2) is 0 Å².